The van der Waals surface area contributed by atoms with Gasteiger partial charge in [0.05, 0.1) is 18.9 Å². The normalized spacial score (nSPS) is 19.7. The lowest BCUT2D eigenvalue weighted by Gasteiger charge is -2.29. The molecule has 0 aliphatic carbocycles. The van der Waals surface area contributed by atoms with Crippen molar-refractivity contribution in [3.05, 3.63) is 35.7 Å². The highest BCUT2D eigenvalue weighted by Crippen LogP contribution is 2.27. The van der Waals surface area contributed by atoms with Crippen LogP contribution in [0.15, 0.2) is 35.7 Å². The lowest BCUT2D eigenvalue weighted by molar-refractivity contribution is -0.121. The van der Waals surface area contributed by atoms with Crippen LogP contribution in [0.1, 0.15) is 13.8 Å². The first kappa shape index (κ1) is 15.6. The Morgan fingerprint density at radius 2 is 2.10 bits per heavy atom. The molecule has 1 atom stereocenters. The monoisotopic (exact) mass is 309 g/mol. The molecule has 1 heterocycles. The van der Waals surface area contributed by atoms with E-state index in [1.54, 1.807) is 51.3 Å². The first-order valence-corrected chi connectivity index (χ1v) is 8.43. The van der Waals surface area contributed by atoms with Crippen LogP contribution in [0, 0.1) is 5.92 Å². The van der Waals surface area contributed by atoms with Crippen molar-refractivity contribution in [2.75, 3.05) is 17.8 Å². The Morgan fingerprint density at radius 1 is 1.38 bits per heavy atom. The highest BCUT2D eigenvalue weighted by molar-refractivity contribution is 7.94. The molecule has 0 fully saturated rings. The molecule has 21 heavy (non-hydrogen) atoms. The fraction of sp³-hybridized carbons (Fsp3) is 0.400. The Morgan fingerprint density at radius 3 is 2.62 bits per heavy atom. The van der Waals surface area contributed by atoms with E-state index < -0.39 is 15.9 Å². The van der Waals surface area contributed by atoms with E-state index in [0.29, 0.717) is 11.4 Å². The zero-order chi connectivity index (χ0) is 15.6. The van der Waals surface area contributed by atoms with Gasteiger partial charge in [-0.3, -0.25) is 4.79 Å². The van der Waals surface area contributed by atoms with Gasteiger partial charge in [-0.15, -0.1) is 0 Å². The zero-order valence-electron chi connectivity index (χ0n) is 12.3. The summed E-state index contributed by atoms with van der Waals surface area (Å²) < 4.78 is 28.5. The third-order valence-corrected chi connectivity index (χ3v) is 4.68. The van der Waals surface area contributed by atoms with Crippen LogP contribution >= 0.6 is 0 Å². The van der Waals surface area contributed by atoms with E-state index >= 15 is 0 Å². The number of amides is 1. The molecule has 1 aromatic carbocycles. The number of carbonyl (C=O) groups is 1. The second-order valence-corrected chi connectivity index (χ2v) is 7.22. The van der Waals surface area contributed by atoms with Gasteiger partial charge >= 0.3 is 0 Å². The summed E-state index contributed by atoms with van der Waals surface area (Å²) in [4.78, 5) is 14.0. The molecule has 114 valence electrons. The fourth-order valence-corrected chi connectivity index (χ4v) is 3.51. The van der Waals surface area contributed by atoms with Gasteiger partial charge in [-0.1, -0.05) is 19.9 Å². The van der Waals surface area contributed by atoms with Gasteiger partial charge in [0, 0.05) is 23.1 Å². The molecular formula is C15H19NO4S. The fourth-order valence-electron chi connectivity index (χ4n) is 2.24. The molecule has 0 radical (unpaired) electrons. The highest BCUT2D eigenvalue weighted by atomic mass is 32.2. The second kappa shape index (κ2) is 5.89. The molecule has 1 amide bonds. The Bertz CT molecular complexity index is 664. The molecule has 5 nitrogen and oxygen atoms in total. The highest BCUT2D eigenvalue weighted by Gasteiger charge is 2.32. The van der Waals surface area contributed by atoms with E-state index in [0.717, 1.165) is 0 Å². The third kappa shape index (κ3) is 3.44. The number of hydrogen-bond donors (Lipinski definition) is 0. The molecule has 0 aromatic heterocycles. The standard InChI is InChI=1S/C15H19NO4S/c1-11(2)15(17)16(13-7-8-21(18,19)10-13)12-5-4-6-14(9-12)20-3/h4-9,11,13H,10H2,1-3H3. The maximum atomic E-state index is 12.5. The van der Waals surface area contributed by atoms with Gasteiger partial charge in [0.1, 0.15) is 5.75 Å². The lowest BCUT2D eigenvalue weighted by Crippen LogP contribution is -2.43. The molecule has 6 heteroatoms. The van der Waals surface area contributed by atoms with Gasteiger partial charge in [0.15, 0.2) is 9.84 Å². The van der Waals surface area contributed by atoms with Crippen LogP contribution in [0.25, 0.3) is 0 Å². The summed E-state index contributed by atoms with van der Waals surface area (Å²) in [6, 6.07) is 6.60. The molecule has 2 rings (SSSR count). The lowest BCUT2D eigenvalue weighted by atomic mass is 10.1. The van der Waals surface area contributed by atoms with E-state index in [1.807, 2.05) is 0 Å². The minimum atomic E-state index is -3.23. The Labute approximate surface area is 125 Å². The number of methoxy groups -OCH3 is 1. The quantitative estimate of drug-likeness (QED) is 0.853. The van der Waals surface area contributed by atoms with Gasteiger partial charge in [-0.25, -0.2) is 8.42 Å². The Kier molecular flexibility index (Phi) is 4.37. The molecule has 0 bridgehead atoms. The van der Waals surface area contributed by atoms with Crippen molar-refractivity contribution < 1.29 is 17.9 Å². The molecule has 1 aliphatic rings. The van der Waals surface area contributed by atoms with Crippen LogP contribution in [0.5, 0.6) is 5.75 Å². The van der Waals surface area contributed by atoms with Crippen LogP contribution in [-0.4, -0.2) is 33.2 Å². The largest absolute Gasteiger partial charge is 0.497 e. The smallest absolute Gasteiger partial charge is 0.230 e. The van der Waals surface area contributed by atoms with E-state index in [-0.39, 0.29) is 17.6 Å². The van der Waals surface area contributed by atoms with Gasteiger partial charge in [-0.05, 0) is 18.2 Å². The van der Waals surface area contributed by atoms with Crippen molar-refractivity contribution in [2.24, 2.45) is 5.92 Å². The summed E-state index contributed by atoms with van der Waals surface area (Å²) in [5.41, 5.74) is 0.639. The molecule has 0 spiro atoms. The van der Waals surface area contributed by atoms with Gasteiger partial charge in [0.2, 0.25) is 5.91 Å². The van der Waals surface area contributed by atoms with Crippen molar-refractivity contribution in [3.63, 3.8) is 0 Å². The summed E-state index contributed by atoms with van der Waals surface area (Å²) in [5.74, 6) is 0.199. The second-order valence-electron chi connectivity index (χ2n) is 5.29. The maximum Gasteiger partial charge on any atom is 0.230 e. The molecule has 1 aliphatic heterocycles. The minimum Gasteiger partial charge on any atom is -0.497 e. The number of carbonyl (C=O) groups excluding carboxylic acids is 1. The van der Waals surface area contributed by atoms with E-state index in [4.69, 9.17) is 4.74 Å². The maximum absolute atomic E-state index is 12.5. The van der Waals surface area contributed by atoms with Crippen LogP contribution < -0.4 is 9.64 Å². The molecule has 1 unspecified atom stereocenters. The summed E-state index contributed by atoms with van der Waals surface area (Å²) >= 11 is 0. The van der Waals surface area contributed by atoms with Gasteiger partial charge < -0.3 is 9.64 Å². The zero-order valence-corrected chi connectivity index (χ0v) is 13.1. The Balaban J connectivity index is 2.42. The minimum absolute atomic E-state index is 0.0807. The summed E-state index contributed by atoms with van der Waals surface area (Å²) in [5, 5.41) is 1.18. The molecule has 0 saturated heterocycles. The summed E-state index contributed by atoms with van der Waals surface area (Å²) in [6.45, 7) is 3.59. The average molecular weight is 309 g/mol. The van der Waals surface area contributed by atoms with Crippen LogP contribution in [0.4, 0.5) is 5.69 Å². The molecule has 0 N–H and O–H groups in total. The van der Waals surface area contributed by atoms with Crippen molar-refractivity contribution in [2.45, 2.75) is 19.9 Å². The molecule has 1 aromatic rings. The Hall–Kier alpha value is -1.82. The topological polar surface area (TPSA) is 63.7 Å². The molecular weight excluding hydrogens is 290 g/mol. The third-order valence-electron chi connectivity index (χ3n) is 3.31. The summed E-state index contributed by atoms with van der Waals surface area (Å²) in [7, 11) is -1.68. The van der Waals surface area contributed by atoms with Gasteiger partial charge in [0.25, 0.3) is 0 Å². The number of nitrogens with zero attached hydrogens (tertiary/aromatic N) is 1. The van der Waals surface area contributed by atoms with Gasteiger partial charge in [-0.2, -0.15) is 0 Å². The van der Waals surface area contributed by atoms with Crippen molar-refractivity contribution >= 4 is 21.4 Å². The van der Waals surface area contributed by atoms with Crippen molar-refractivity contribution in [1.82, 2.24) is 0 Å². The predicted molar refractivity (Wildman–Crippen MR) is 82.0 cm³/mol. The summed E-state index contributed by atoms with van der Waals surface area (Å²) in [6.07, 6.45) is 1.56. The number of rotatable bonds is 4. The van der Waals surface area contributed by atoms with Crippen LogP contribution in [0.2, 0.25) is 0 Å². The average Bonchev–Trinajstić information content (AvgIpc) is 2.79. The van der Waals surface area contributed by atoms with Crippen LogP contribution in [-0.2, 0) is 14.6 Å². The SMILES string of the molecule is COc1cccc(N(C(=O)C(C)C)C2C=CS(=O)(=O)C2)c1. The predicted octanol–water partition coefficient (Wildman–Crippen LogP) is 1.99. The number of anilines is 1. The van der Waals surface area contributed by atoms with Crippen molar-refractivity contribution in [3.8, 4) is 5.75 Å². The van der Waals surface area contributed by atoms with E-state index in [1.165, 1.54) is 10.3 Å². The van der Waals surface area contributed by atoms with E-state index in [2.05, 4.69) is 0 Å². The van der Waals surface area contributed by atoms with Crippen LogP contribution in [0.3, 0.4) is 0 Å². The van der Waals surface area contributed by atoms with E-state index in [9.17, 15) is 13.2 Å². The first-order chi connectivity index (χ1) is 9.84. The number of sulfone groups is 1. The molecule has 0 saturated carbocycles. The van der Waals surface area contributed by atoms with Crippen molar-refractivity contribution in [1.29, 1.82) is 0 Å². The first-order valence-electron chi connectivity index (χ1n) is 6.72. The number of benzene rings is 1. The number of hydrogen-bond acceptors (Lipinski definition) is 4. The number of ether oxygens (including phenoxy) is 1.